The highest BCUT2D eigenvalue weighted by Gasteiger charge is 2.19. The highest BCUT2D eigenvalue weighted by Crippen LogP contribution is 2.28. The Labute approximate surface area is 193 Å². The van der Waals surface area contributed by atoms with Crippen molar-refractivity contribution in [1.29, 1.82) is 10.9 Å². The first-order valence-corrected chi connectivity index (χ1v) is 10.5. The lowest BCUT2D eigenvalue weighted by Crippen LogP contribution is -2.18. The van der Waals surface area contributed by atoms with Crippen molar-refractivity contribution in [1.82, 2.24) is 5.32 Å². The zero-order valence-corrected chi connectivity index (χ0v) is 18.4. The number of anilines is 1. The minimum atomic E-state index is -0.922. The molecule has 0 aliphatic heterocycles. The summed E-state index contributed by atoms with van der Waals surface area (Å²) in [6.45, 7) is 0.590. The van der Waals surface area contributed by atoms with Gasteiger partial charge >= 0.3 is 5.97 Å². The molecule has 0 aliphatic rings. The minimum Gasteiger partial charge on any atom is -0.481 e. The molecular formula is C26H27N5O2. The van der Waals surface area contributed by atoms with E-state index in [9.17, 15) is 9.90 Å². The van der Waals surface area contributed by atoms with Gasteiger partial charge in [-0.05, 0) is 34.9 Å². The maximum atomic E-state index is 11.3. The number of hydrogen-bond donors (Lipinski definition) is 5. The van der Waals surface area contributed by atoms with Gasteiger partial charge in [0.15, 0.2) is 0 Å². The molecule has 0 spiro atoms. The summed E-state index contributed by atoms with van der Waals surface area (Å²) < 4.78 is 0. The second-order valence-electron chi connectivity index (χ2n) is 7.53. The van der Waals surface area contributed by atoms with Crippen molar-refractivity contribution in [3.8, 4) is 0 Å². The molecule has 0 saturated heterocycles. The topological polar surface area (TPSA) is 121 Å². The summed E-state index contributed by atoms with van der Waals surface area (Å²) in [5.74, 6) is -1.34. The number of aliphatic carboxylic acids is 1. The highest BCUT2D eigenvalue weighted by molar-refractivity contribution is 6.10. The van der Waals surface area contributed by atoms with Crippen LogP contribution in [-0.2, 0) is 11.3 Å². The van der Waals surface area contributed by atoms with Gasteiger partial charge in [0, 0.05) is 36.5 Å². The number of carboxylic acid groups (broad SMARTS) is 1. The molecule has 168 valence electrons. The fraction of sp³-hybridized carbons (Fsp3) is 0.154. The van der Waals surface area contributed by atoms with Crippen molar-refractivity contribution in [2.75, 3.05) is 12.4 Å². The highest BCUT2D eigenvalue weighted by atomic mass is 16.4. The molecule has 3 aromatic rings. The van der Waals surface area contributed by atoms with Crippen molar-refractivity contribution in [2.45, 2.75) is 18.9 Å². The van der Waals surface area contributed by atoms with Crippen molar-refractivity contribution in [3.05, 3.63) is 113 Å². The Morgan fingerprint density at radius 3 is 2.36 bits per heavy atom. The first-order chi connectivity index (χ1) is 16.0. The van der Waals surface area contributed by atoms with Crippen LogP contribution in [0.1, 0.15) is 34.6 Å². The zero-order chi connectivity index (χ0) is 23.6. The van der Waals surface area contributed by atoms with E-state index < -0.39 is 11.9 Å². The molecule has 7 heteroatoms. The fourth-order valence-corrected chi connectivity index (χ4v) is 3.63. The lowest BCUT2D eigenvalue weighted by atomic mass is 9.92. The normalized spacial score (nSPS) is 12.0. The molecule has 0 aliphatic carbocycles. The van der Waals surface area contributed by atoms with E-state index in [1.54, 1.807) is 7.05 Å². The third kappa shape index (κ3) is 6.36. The van der Waals surface area contributed by atoms with Crippen molar-refractivity contribution in [2.24, 2.45) is 5.11 Å². The molecule has 0 radical (unpaired) electrons. The van der Waals surface area contributed by atoms with E-state index in [-0.39, 0.29) is 6.42 Å². The number of likely N-dealkylation sites (N-methyl/N-ethyl adjacent to an activating group) is 1. The van der Waals surface area contributed by atoms with E-state index in [0.29, 0.717) is 18.0 Å². The smallest absolute Gasteiger partial charge is 0.304 e. The maximum absolute atomic E-state index is 11.3. The second kappa shape index (κ2) is 11.4. The van der Waals surface area contributed by atoms with E-state index in [4.69, 9.17) is 10.9 Å². The average Bonchev–Trinajstić information content (AvgIpc) is 2.85. The molecule has 0 fully saturated rings. The van der Waals surface area contributed by atoms with Crippen LogP contribution in [0.4, 0.5) is 5.69 Å². The van der Waals surface area contributed by atoms with Crippen molar-refractivity contribution >= 4 is 17.4 Å². The van der Waals surface area contributed by atoms with E-state index in [1.165, 1.54) is 6.20 Å². The number of nitrogens with zero attached hydrogens (tertiary/aromatic N) is 1. The molecule has 0 amide bonds. The molecule has 3 aromatic carbocycles. The van der Waals surface area contributed by atoms with Crippen molar-refractivity contribution in [3.63, 3.8) is 0 Å². The summed E-state index contributed by atoms with van der Waals surface area (Å²) in [7, 11) is 1.69. The Morgan fingerprint density at radius 1 is 1.03 bits per heavy atom. The first-order valence-electron chi connectivity index (χ1n) is 10.5. The molecule has 1 unspecified atom stereocenters. The van der Waals surface area contributed by atoms with E-state index in [0.717, 1.165) is 27.9 Å². The van der Waals surface area contributed by atoms with Crippen LogP contribution in [0.3, 0.4) is 0 Å². The van der Waals surface area contributed by atoms with E-state index in [2.05, 4.69) is 15.7 Å². The summed E-state index contributed by atoms with van der Waals surface area (Å²) in [6.07, 6.45) is 1.23. The summed E-state index contributed by atoms with van der Waals surface area (Å²) in [5.41, 5.74) is 12.6. The first kappa shape index (κ1) is 23.4. The fourth-order valence-electron chi connectivity index (χ4n) is 3.63. The van der Waals surface area contributed by atoms with Gasteiger partial charge in [0.1, 0.15) is 0 Å². The standard InChI is InChI=1S/C26H27N5O2/c1-29-24(17-31-28)23(15-25(32)33)19-10-12-22(13-11-19)30-16-18-6-5-9-21(14-18)26(27)20-7-3-2-4-8-20/h2-14,17,23,27-30H,15-16H2,1H3,(H,32,33)/b24-17-,27-26?,31-28?. The summed E-state index contributed by atoms with van der Waals surface area (Å²) in [6, 6.07) is 25.1. The SMILES string of the molecule is CN/C(=C\N=N)C(CC(=O)O)c1ccc(NCc2cccc(C(=N)c3ccccc3)c2)cc1. The zero-order valence-electron chi connectivity index (χ0n) is 18.4. The maximum Gasteiger partial charge on any atom is 0.304 e. The minimum absolute atomic E-state index is 0.102. The van der Waals surface area contributed by atoms with Crippen LogP contribution in [-0.4, -0.2) is 23.8 Å². The van der Waals surface area contributed by atoms with Crippen LogP contribution in [0, 0.1) is 10.9 Å². The lowest BCUT2D eigenvalue weighted by Gasteiger charge is -2.19. The average molecular weight is 442 g/mol. The molecule has 0 bridgehead atoms. The van der Waals surface area contributed by atoms with E-state index >= 15 is 0 Å². The molecule has 33 heavy (non-hydrogen) atoms. The van der Waals surface area contributed by atoms with Gasteiger partial charge in [-0.2, -0.15) is 5.11 Å². The van der Waals surface area contributed by atoms with Crippen LogP contribution in [0.15, 0.2) is 95.9 Å². The molecular weight excluding hydrogens is 414 g/mol. The number of hydrogen-bond acceptors (Lipinski definition) is 6. The van der Waals surface area contributed by atoms with Gasteiger partial charge in [0.05, 0.1) is 18.3 Å². The predicted octanol–water partition coefficient (Wildman–Crippen LogP) is 5.36. The van der Waals surface area contributed by atoms with Gasteiger partial charge in [-0.3, -0.25) is 10.2 Å². The van der Waals surface area contributed by atoms with Gasteiger partial charge < -0.3 is 15.7 Å². The molecule has 7 nitrogen and oxygen atoms in total. The number of carboxylic acids is 1. The summed E-state index contributed by atoms with van der Waals surface area (Å²) in [5, 5.41) is 27.4. The van der Waals surface area contributed by atoms with Gasteiger partial charge in [-0.15, -0.1) is 0 Å². The number of carbonyl (C=O) groups is 1. The molecule has 5 N–H and O–H groups in total. The lowest BCUT2D eigenvalue weighted by molar-refractivity contribution is -0.137. The van der Waals surface area contributed by atoms with Crippen LogP contribution >= 0.6 is 0 Å². The van der Waals surface area contributed by atoms with Crippen LogP contribution < -0.4 is 10.6 Å². The number of nitrogens with one attached hydrogen (secondary N) is 4. The van der Waals surface area contributed by atoms with Crippen molar-refractivity contribution < 1.29 is 9.90 Å². The van der Waals surface area contributed by atoms with Crippen LogP contribution in [0.25, 0.3) is 0 Å². The van der Waals surface area contributed by atoms with Crippen LogP contribution in [0.2, 0.25) is 0 Å². The third-order valence-corrected chi connectivity index (χ3v) is 5.33. The molecule has 3 rings (SSSR count). The Balaban J connectivity index is 1.70. The second-order valence-corrected chi connectivity index (χ2v) is 7.53. The molecule has 0 aromatic heterocycles. The quantitative estimate of drug-likeness (QED) is 0.203. The molecule has 0 saturated carbocycles. The largest absolute Gasteiger partial charge is 0.481 e. The Kier molecular flexibility index (Phi) is 8.07. The Morgan fingerprint density at radius 2 is 1.73 bits per heavy atom. The van der Waals surface area contributed by atoms with Crippen LogP contribution in [0.5, 0.6) is 0 Å². The summed E-state index contributed by atoms with van der Waals surface area (Å²) in [4.78, 5) is 11.3. The number of benzene rings is 3. The third-order valence-electron chi connectivity index (χ3n) is 5.33. The monoisotopic (exact) mass is 441 g/mol. The van der Waals surface area contributed by atoms with E-state index in [1.807, 2.05) is 78.9 Å². The van der Waals surface area contributed by atoms with Gasteiger partial charge in [-0.25, -0.2) is 5.53 Å². The number of allylic oxidation sites excluding steroid dienone is 1. The summed E-state index contributed by atoms with van der Waals surface area (Å²) >= 11 is 0. The van der Waals surface area contributed by atoms with Gasteiger partial charge in [0.25, 0.3) is 0 Å². The molecule has 1 atom stereocenters. The van der Waals surface area contributed by atoms with Gasteiger partial charge in [0.2, 0.25) is 0 Å². The van der Waals surface area contributed by atoms with Gasteiger partial charge in [-0.1, -0.05) is 60.7 Å². The number of rotatable bonds is 11. The Bertz CT molecular complexity index is 1140. The molecule has 0 heterocycles. The predicted molar refractivity (Wildman–Crippen MR) is 130 cm³/mol. The Hall–Kier alpha value is -4.26.